The molecule has 2 amide bonds. The molecule has 2 heterocycles. The minimum Gasteiger partial charge on any atom is -0.338 e. The molecule has 7 nitrogen and oxygen atoms in total. The lowest BCUT2D eigenvalue weighted by Gasteiger charge is -2.09. The van der Waals surface area contributed by atoms with E-state index in [2.05, 4.69) is 25.8 Å². The standard InChI is InChI=1S/C16H18N6O/c23-16(17-8-4-7-15-18-12-19-21-15)20-13-5-3-6-14(11-13)22-9-1-2-10-22/h1-3,5-6,9-12H,4,7-8H2,(H2,17,20,23)(H,18,19,21). The maximum Gasteiger partial charge on any atom is 0.319 e. The van der Waals surface area contributed by atoms with Crippen molar-refractivity contribution in [3.63, 3.8) is 0 Å². The van der Waals surface area contributed by atoms with E-state index in [1.165, 1.54) is 6.33 Å². The van der Waals surface area contributed by atoms with Gasteiger partial charge in [0.1, 0.15) is 12.2 Å². The molecule has 0 unspecified atom stereocenters. The summed E-state index contributed by atoms with van der Waals surface area (Å²) in [6.07, 6.45) is 6.95. The van der Waals surface area contributed by atoms with Gasteiger partial charge in [-0.15, -0.1) is 0 Å². The molecule has 0 saturated carbocycles. The average Bonchev–Trinajstić information content (AvgIpc) is 3.25. The predicted molar refractivity (Wildman–Crippen MR) is 87.5 cm³/mol. The number of nitrogens with one attached hydrogen (secondary N) is 3. The van der Waals surface area contributed by atoms with E-state index >= 15 is 0 Å². The molecule has 0 fully saturated rings. The Morgan fingerprint density at radius 2 is 2.09 bits per heavy atom. The minimum atomic E-state index is -0.216. The molecule has 0 aliphatic carbocycles. The van der Waals surface area contributed by atoms with Crippen molar-refractivity contribution < 1.29 is 4.79 Å². The van der Waals surface area contributed by atoms with Gasteiger partial charge in [0.2, 0.25) is 0 Å². The van der Waals surface area contributed by atoms with Crippen LogP contribution in [-0.2, 0) is 6.42 Å². The summed E-state index contributed by atoms with van der Waals surface area (Å²) in [7, 11) is 0. The van der Waals surface area contributed by atoms with Gasteiger partial charge in [-0.3, -0.25) is 5.10 Å². The third-order valence-electron chi connectivity index (χ3n) is 3.35. The maximum atomic E-state index is 11.9. The highest BCUT2D eigenvalue weighted by Crippen LogP contribution is 2.14. The van der Waals surface area contributed by atoms with Crippen LogP contribution < -0.4 is 10.6 Å². The Balaban J connectivity index is 1.47. The van der Waals surface area contributed by atoms with Gasteiger partial charge in [0.25, 0.3) is 0 Å². The van der Waals surface area contributed by atoms with Crippen LogP contribution in [0, 0.1) is 0 Å². The van der Waals surface area contributed by atoms with Gasteiger partial charge < -0.3 is 15.2 Å². The summed E-state index contributed by atoms with van der Waals surface area (Å²) in [5.41, 5.74) is 1.75. The van der Waals surface area contributed by atoms with Gasteiger partial charge in [-0.25, -0.2) is 9.78 Å². The van der Waals surface area contributed by atoms with Crippen LogP contribution in [0.4, 0.5) is 10.5 Å². The van der Waals surface area contributed by atoms with Crippen molar-refractivity contribution in [1.29, 1.82) is 0 Å². The third kappa shape index (κ3) is 4.19. The van der Waals surface area contributed by atoms with E-state index < -0.39 is 0 Å². The smallest absolute Gasteiger partial charge is 0.319 e. The van der Waals surface area contributed by atoms with E-state index in [1.54, 1.807) is 0 Å². The van der Waals surface area contributed by atoms with Crippen LogP contribution in [0.3, 0.4) is 0 Å². The van der Waals surface area contributed by atoms with Gasteiger partial charge in [-0.1, -0.05) is 6.07 Å². The number of aromatic amines is 1. The number of rotatable bonds is 6. The van der Waals surface area contributed by atoms with Crippen LogP contribution in [0.2, 0.25) is 0 Å². The summed E-state index contributed by atoms with van der Waals surface area (Å²) in [6, 6.07) is 11.4. The minimum absolute atomic E-state index is 0.216. The summed E-state index contributed by atoms with van der Waals surface area (Å²) >= 11 is 0. The highest BCUT2D eigenvalue weighted by Gasteiger charge is 2.03. The molecule has 3 N–H and O–H groups in total. The fraction of sp³-hybridized carbons (Fsp3) is 0.188. The molecule has 7 heteroatoms. The van der Waals surface area contributed by atoms with Crippen molar-refractivity contribution in [3.8, 4) is 5.69 Å². The molecule has 2 aromatic heterocycles. The lowest BCUT2D eigenvalue weighted by Crippen LogP contribution is -2.29. The SMILES string of the molecule is O=C(NCCCc1ncn[nH]1)Nc1cccc(-n2cccc2)c1. The number of amides is 2. The van der Waals surface area contributed by atoms with E-state index in [1.807, 2.05) is 53.4 Å². The Labute approximate surface area is 133 Å². The van der Waals surface area contributed by atoms with Crippen molar-refractivity contribution in [3.05, 3.63) is 60.9 Å². The van der Waals surface area contributed by atoms with Crippen LogP contribution in [-0.4, -0.2) is 32.3 Å². The van der Waals surface area contributed by atoms with Gasteiger partial charge in [0.05, 0.1) is 0 Å². The summed E-state index contributed by atoms with van der Waals surface area (Å²) in [5.74, 6) is 0.826. The molecule has 3 aromatic rings. The Kier molecular flexibility index (Phi) is 4.68. The highest BCUT2D eigenvalue weighted by atomic mass is 16.2. The number of urea groups is 1. The first-order chi connectivity index (χ1) is 11.3. The second-order valence-electron chi connectivity index (χ2n) is 5.06. The highest BCUT2D eigenvalue weighted by molar-refractivity contribution is 5.89. The molecule has 0 atom stereocenters. The number of carbonyl (C=O) groups excluding carboxylic acids is 1. The van der Waals surface area contributed by atoms with Crippen LogP contribution in [0.25, 0.3) is 5.69 Å². The Morgan fingerprint density at radius 3 is 2.87 bits per heavy atom. The molecular weight excluding hydrogens is 292 g/mol. The second kappa shape index (κ2) is 7.26. The van der Waals surface area contributed by atoms with Crippen LogP contribution in [0.5, 0.6) is 0 Å². The van der Waals surface area contributed by atoms with E-state index in [0.717, 1.165) is 30.0 Å². The molecule has 23 heavy (non-hydrogen) atoms. The summed E-state index contributed by atoms with van der Waals surface area (Å²) in [4.78, 5) is 15.9. The van der Waals surface area contributed by atoms with Crippen LogP contribution in [0.1, 0.15) is 12.2 Å². The Hall–Kier alpha value is -3.09. The summed E-state index contributed by atoms with van der Waals surface area (Å²) in [5, 5.41) is 12.2. The quantitative estimate of drug-likeness (QED) is 0.611. The van der Waals surface area contributed by atoms with E-state index in [-0.39, 0.29) is 6.03 Å². The lowest BCUT2D eigenvalue weighted by molar-refractivity contribution is 0.252. The Morgan fingerprint density at radius 1 is 1.22 bits per heavy atom. The molecule has 0 spiro atoms. The zero-order valence-electron chi connectivity index (χ0n) is 12.6. The Bertz CT molecular complexity index is 736. The number of nitrogens with zero attached hydrogens (tertiary/aromatic N) is 3. The van der Waals surface area contributed by atoms with Gasteiger partial charge in [0.15, 0.2) is 0 Å². The van der Waals surface area contributed by atoms with Gasteiger partial charge >= 0.3 is 6.03 Å². The molecule has 0 bridgehead atoms. The summed E-state index contributed by atoms with van der Waals surface area (Å²) in [6.45, 7) is 0.573. The second-order valence-corrected chi connectivity index (χ2v) is 5.06. The first kappa shape index (κ1) is 14.8. The first-order valence-electron chi connectivity index (χ1n) is 7.44. The first-order valence-corrected chi connectivity index (χ1v) is 7.44. The lowest BCUT2D eigenvalue weighted by atomic mass is 10.2. The van der Waals surface area contributed by atoms with Gasteiger partial charge in [-0.2, -0.15) is 5.10 Å². The molecule has 0 saturated heterocycles. The van der Waals surface area contributed by atoms with E-state index in [4.69, 9.17) is 0 Å². The van der Waals surface area contributed by atoms with Crippen molar-refractivity contribution in [1.82, 2.24) is 25.1 Å². The van der Waals surface area contributed by atoms with E-state index in [9.17, 15) is 4.79 Å². The topological polar surface area (TPSA) is 87.6 Å². The van der Waals surface area contributed by atoms with Gasteiger partial charge in [0, 0.05) is 36.7 Å². The van der Waals surface area contributed by atoms with Gasteiger partial charge in [-0.05, 0) is 36.8 Å². The third-order valence-corrected chi connectivity index (χ3v) is 3.35. The predicted octanol–water partition coefficient (Wildman–Crippen LogP) is 2.35. The fourth-order valence-electron chi connectivity index (χ4n) is 2.24. The van der Waals surface area contributed by atoms with Crippen LogP contribution in [0.15, 0.2) is 55.1 Å². The molecule has 0 aliphatic heterocycles. The molecule has 1 aromatic carbocycles. The number of hydrogen-bond donors (Lipinski definition) is 3. The average molecular weight is 310 g/mol. The molecule has 0 aliphatic rings. The number of hydrogen-bond acceptors (Lipinski definition) is 3. The van der Waals surface area contributed by atoms with Crippen molar-refractivity contribution in [2.24, 2.45) is 0 Å². The number of aromatic nitrogens is 4. The van der Waals surface area contributed by atoms with Crippen LogP contribution >= 0.6 is 0 Å². The number of anilines is 1. The van der Waals surface area contributed by atoms with Crippen molar-refractivity contribution in [2.75, 3.05) is 11.9 Å². The maximum absolute atomic E-state index is 11.9. The number of benzene rings is 1. The van der Waals surface area contributed by atoms with Crippen molar-refractivity contribution in [2.45, 2.75) is 12.8 Å². The summed E-state index contributed by atoms with van der Waals surface area (Å²) < 4.78 is 1.99. The van der Waals surface area contributed by atoms with Crippen molar-refractivity contribution >= 4 is 11.7 Å². The molecule has 3 rings (SSSR count). The largest absolute Gasteiger partial charge is 0.338 e. The molecule has 0 radical (unpaired) electrons. The molecular formula is C16H18N6O. The fourth-order valence-corrected chi connectivity index (χ4v) is 2.24. The molecule has 118 valence electrons. The number of aryl methyl sites for hydroxylation is 1. The zero-order valence-corrected chi connectivity index (χ0v) is 12.6. The normalized spacial score (nSPS) is 10.4. The number of carbonyl (C=O) groups is 1. The monoisotopic (exact) mass is 310 g/mol. The number of H-pyrrole nitrogens is 1. The van der Waals surface area contributed by atoms with E-state index in [0.29, 0.717) is 6.54 Å². The zero-order chi connectivity index (χ0) is 15.9.